The van der Waals surface area contributed by atoms with Crippen LogP contribution in [0.1, 0.15) is 10.4 Å². The summed E-state index contributed by atoms with van der Waals surface area (Å²) in [5.74, 6) is -0.549. The van der Waals surface area contributed by atoms with Crippen LogP contribution >= 0.6 is 0 Å². The van der Waals surface area contributed by atoms with Crippen molar-refractivity contribution in [1.82, 2.24) is 4.98 Å². The summed E-state index contributed by atoms with van der Waals surface area (Å²) in [5, 5.41) is 0. The maximum atomic E-state index is 13.6. The number of nitrogens with zero attached hydrogens (tertiary/aromatic N) is 1. The Bertz CT molecular complexity index is 780. The largest absolute Gasteiger partial charge is 0.424 e. The first-order valence-electron chi connectivity index (χ1n) is 5.58. The lowest BCUT2D eigenvalue weighted by Crippen LogP contribution is -1.88. The quantitative estimate of drug-likeness (QED) is 0.715. The zero-order valence-electron chi connectivity index (χ0n) is 9.76. The van der Waals surface area contributed by atoms with Gasteiger partial charge in [0.05, 0.1) is 5.56 Å². The van der Waals surface area contributed by atoms with Gasteiger partial charge in [0, 0.05) is 0 Å². The molecule has 94 valence electrons. The van der Waals surface area contributed by atoms with Crippen molar-refractivity contribution in [2.45, 2.75) is 0 Å². The first-order valence-corrected chi connectivity index (χ1v) is 5.58. The zero-order chi connectivity index (χ0) is 13.4. The summed E-state index contributed by atoms with van der Waals surface area (Å²) in [6, 6.07) is 9.78. The number of anilines is 1. The predicted molar refractivity (Wildman–Crippen MR) is 69.2 cm³/mol. The number of carbonyl (C=O) groups is 1. The summed E-state index contributed by atoms with van der Waals surface area (Å²) >= 11 is 0. The highest BCUT2D eigenvalue weighted by Gasteiger charge is 2.07. The van der Waals surface area contributed by atoms with Gasteiger partial charge in [0.15, 0.2) is 11.9 Å². The molecule has 3 aromatic rings. The van der Waals surface area contributed by atoms with E-state index in [9.17, 15) is 9.18 Å². The van der Waals surface area contributed by atoms with E-state index in [0.29, 0.717) is 22.9 Å². The Balaban J connectivity index is 2.12. The van der Waals surface area contributed by atoms with E-state index in [4.69, 9.17) is 10.2 Å². The van der Waals surface area contributed by atoms with E-state index in [-0.39, 0.29) is 11.6 Å². The number of rotatable bonds is 2. The molecule has 0 aliphatic heterocycles. The number of nitrogen functional groups attached to an aromatic ring is 1. The third-order valence-electron chi connectivity index (χ3n) is 2.86. The molecule has 0 saturated carbocycles. The lowest BCUT2D eigenvalue weighted by atomic mass is 10.0. The number of oxazole rings is 1. The van der Waals surface area contributed by atoms with E-state index in [0.717, 1.165) is 5.56 Å². The molecule has 0 spiro atoms. The summed E-state index contributed by atoms with van der Waals surface area (Å²) < 4.78 is 18.7. The summed E-state index contributed by atoms with van der Waals surface area (Å²) in [6.07, 6.45) is 0.487. The SMILES string of the molecule is Nc1nc2cc(-c3ccc(C=O)c(F)c3)ccc2o1. The number of nitrogens with two attached hydrogens (primary N) is 1. The van der Waals surface area contributed by atoms with Crippen molar-refractivity contribution in [3.05, 3.63) is 47.8 Å². The molecule has 0 amide bonds. The van der Waals surface area contributed by atoms with Crippen molar-refractivity contribution in [1.29, 1.82) is 0 Å². The number of aromatic nitrogens is 1. The average molecular weight is 256 g/mol. The van der Waals surface area contributed by atoms with Crippen LogP contribution < -0.4 is 5.73 Å². The van der Waals surface area contributed by atoms with E-state index in [1.54, 1.807) is 24.3 Å². The molecule has 0 fully saturated rings. The zero-order valence-corrected chi connectivity index (χ0v) is 9.76. The Hall–Kier alpha value is -2.69. The summed E-state index contributed by atoms with van der Waals surface area (Å²) in [6.45, 7) is 0. The highest BCUT2D eigenvalue weighted by molar-refractivity contribution is 5.82. The van der Waals surface area contributed by atoms with Crippen LogP contribution in [0.25, 0.3) is 22.2 Å². The van der Waals surface area contributed by atoms with E-state index >= 15 is 0 Å². The van der Waals surface area contributed by atoms with Gasteiger partial charge in [0.25, 0.3) is 6.01 Å². The number of hydrogen-bond donors (Lipinski definition) is 1. The molecule has 4 nitrogen and oxygen atoms in total. The smallest absolute Gasteiger partial charge is 0.292 e. The Labute approximate surface area is 107 Å². The molecule has 5 heteroatoms. The first kappa shape index (κ1) is 11.4. The number of benzene rings is 2. The van der Waals surface area contributed by atoms with Crippen LogP contribution in [0.2, 0.25) is 0 Å². The van der Waals surface area contributed by atoms with Gasteiger partial charge in [-0.15, -0.1) is 0 Å². The van der Waals surface area contributed by atoms with Gasteiger partial charge in [0.2, 0.25) is 0 Å². The van der Waals surface area contributed by atoms with Gasteiger partial charge in [-0.2, -0.15) is 4.98 Å². The molecule has 2 aromatic carbocycles. The van der Waals surface area contributed by atoms with Crippen molar-refractivity contribution < 1.29 is 13.6 Å². The van der Waals surface area contributed by atoms with Crippen LogP contribution in [-0.2, 0) is 0 Å². The fourth-order valence-electron chi connectivity index (χ4n) is 1.93. The van der Waals surface area contributed by atoms with Crippen LogP contribution in [0.4, 0.5) is 10.4 Å². The van der Waals surface area contributed by atoms with E-state index in [1.165, 1.54) is 12.1 Å². The average Bonchev–Trinajstić information content (AvgIpc) is 2.77. The van der Waals surface area contributed by atoms with Gasteiger partial charge < -0.3 is 10.2 Å². The minimum Gasteiger partial charge on any atom is -0.424 e. The fraction of sp³-hybridized carbons (Fsp3) is 0. The van der Waals surface area contributed by atoms with Gasteiger partial charge in [-0.25, -0.2) is 4.39 Å². The molecule has 0 aliphatic rings. The maximum Gasteiger partial charge on any atom is 0.292 e. The van der Waals surface area contributed by atoms with Crippen LogP contribution in [0, 0.1) is 5.82 Å². The lowest BCUT2D eigenvalue weighted by Gasteiger charge is -2.02. The molecule has 0 unspecified atom stereocenters. The summed E-state index contributed by atoms with van der Waals surface area (Å²) in [7, 11) is 0. The third-order valence-corrected chi connectivity index (χ3v) is 2.86. The lowest BCUT2D eigenvalue weighted by molar-refractivity contribution is 0.112. The molecule has 0 aliphatic carbocycles. The first-order chi connectivity index (χ1) is 9.17. The van der Waals surface area contributed by atoms with Crippen LogP contribution in [0.15, 0.2) is 40.8 Å². The minimum absolute atomic E-state index is 0.0375. The minimum atomic E-state index is -0.549. The Kier molecular flexibility index (Phi) is 2.52. The molecule has 0 radical (unpaired) electrons. The van der Waals surface area contributed by atoms with Crippen molar-refractivity contribution in [2.75, 3.05) is 5.73 Å². The van der Waals surface area contributed by atoms with Gasteiger partial charge in [-0.1, -0.05) is 12.1 Å². The summed E-state index contributed by atoms with van der Waals surface area (Å²) in [4.78, 5) is 14.6. The number of fused-ring (bicyclic) bond motifs is 1. The van der Waals surface area contributed by atoms with E-state index < -0.39 is 5.82 Å². The highest BCUT2D eigenvalue weighted by Crippen LogP contribution is 2.26. The molecular formula is C14H9FN2O2. The van der Waals surface area contributed by atoms with Crippen molar-refractivity contribution in [2.24, 2.45) is 0 Å². The van der Waals surface area contributed by atoms with E-state index in [1.807, 2.05) is 0 Å². The normalized spacial score (nSPS) is 10.8. The molecule has 19 heavy (non-hydrogen) atoms. The monoisotopic (exact) mass is 256 g/mol. The number of carbonyl (C=O) groups excluding carboxylic acids is 1. The van der Waals surface area contributed by atoms with Crippen LogP contribution in [-0.4, -0.2) is 11.3 Å². The Morgan fingerprint density at radius 2 is 1.89 bits per heavy atom. The summed E-state index contributed by atoms with van der Waals surface area (Å²) in [5.41, 5.74) is 8.12. The van der Waals surface area contributed by atoms with Gasteiger partial charge in [0.1, 0.15) is 11.3 Å². The highest BCUT2D eigenvalue weighted by atomic mass is 19.1. The number of aldehydes is 1. The number of hydrogen-bond acceptors (Lipinski definition) is 4. The second kappa shape index (κ2) is 4.20. The van der Waals surface area contributed by atoms with Crippen LogP contribution in [0.3, 0.4) is 0 Å². The van der Waals surface area contributed by atoms with Crippen LogP contribution in [0.5, 0.6) is 0 Å². The van der Waals surface area contributed by atoms with Crippen molar-refractivity contribution >= 4 is 23.4 Å². The molecule has 1 heterocycles. The molecule has 1 aromatic heterocycles. The maximum absolute atomic E-state index is 13.6. The van der Waals surface area contributed by atoms with Gasteiger partial charge >= 0.3 is 0 Å². The number of halogens is 1. The fourth-order valence-corrected chi connectivity index (χ4v) is 1.93. The van der Waals surface area contributed by atoms with Crippen molar-refractivity contribution in [3.63, 3.8) is 0 Å². The Morgan fingerprint density at radius 1 is 1.16 bits per heavy atom. The second-order valence-electron chi connectivity index (χ2n) is 4.09. The Morgan fingerprint density at radius 3 is 2.63 bits per heavy atom. The third kappa shape index (κ3) is 1.95. The van der Waals surface area contributed by atoms with Gasteiger partial charge in [-0.3, -0.25) is 4.79 Å². The molecular weight excluding hydrogens is 247 g/mol. The molecule has 2 N–H and O–H groups in total. The molecule has 0 atom stereocenters. The molecule has 0 saturated heterocycles. The standard InChI is InChI=1S/C14H9FN2O2/c15-11-5-8(1-2-10(11)7-18)9-3-4-13-12(6-9)17-14(16)19-13/h1-7H,(H2,16,17). The van der Waals surface area contributed by atoms with Gasteiger partial charge in [-0.05, 0) is 35.4 Å². The van der Waals surface area contributed by atoms with E-state index in [2.05, 4.69) is 4.98 Å². The predicted octanol–water partition coefficient (Wildman–Crippen LogP) is 3.03. The molecule has 3 rings (SSSR count). The topological polar surface area (TPSA) is 69.1 Å². The second-order valence-corrected chi connectivity index (χ2v) is 4.09. The molecule has 0 bridgehead atoms. The van der Waals surface area contributed by atoms with Crippen molar-refractivity contribution in [3.8, 4) is 11.1 Å².